The highest BCUT2D eigenvalue weighted by molar-refractivity contribution is 6.32. The van der Waals surface area contributed by atoms with Gasteiger partial charge >= 0.3 is 5.97 Å². The Morgan fingerprint density at radius 1 is 1.38 bits per heavy atom. The Kier molecular flexibility index (Phi) is 3.01. The molecule has 1 aromatic carbocycles. The van der Waals surface area contributed by atoms with Gasteiger partial charge < -0.3 is 14.6 Å². The quantitative estimate of drug-likeness (QED) is 0.806. The number of hydrogen-bond acceptors (Lipinski definition) is 3. The predicted octanol–water partition coefficient (Wildman–Crippen LogP) is 2.21. The fourth-order valence-corrected chi connectivity index (χ4v) is 1.67. The van der Waals surface area contributed by atoms with Crippen LogP contribution in [0.25, 0.3) is 6.08 Å². The zero-order valence-electron chi connectivity index (χ0n) is 8.27. The van der Waals surface area contributed by atoms with Gasteiger partial charge in [-0.1, -0.05) is 11.6 Å². The normalized spacial score (nSPS) is 14.1. The number of carbonyl (C=O) groups is 1. The molecular weight excluding hydrogens is 232 g/mol. The molecule has 5 heteroatoms. The highest BCUT2D eigenvalue weighted by Crippen LogP contribution is 2.38. The monoisotopic (exact) mass is 240 g/mol. The molecule has 0 radical (unpaired) electrons. The van der Waals surface area contributed by atoms with Gasteiger partial charge in [0, 0.05) is 6.08 Å². The molecule has 4 nitrogen and oxygen atoms in total. The van der Waals surface area contributed by atoms with Crippen molar-refractivity contribution in [1.29, 1.82) is 0 Å². The maximum absolute atomic E-state index is 10.4. The zero-order chi connectivity index (χ0) is 11.5. The lowest BCUT2D eigenvalue weighted by molar-refractivity contribution is -0.131. The average Bonchev–Trinajstić information content (AvgIpc) is 2.26. The summed E-state index contributed by atoms with van der Waals surface area (Å²) in [7, 11) is 0. The number of carboxylic acid groups (broad SMARTS) is 1. The Morgan fingerprint density at radius 3 is 2.88 bits per heavy atom. The molecule has 2 rings (SSSR count). The average molecular weight is 241 g/mol. The van der Waals surface area contributed by atoms with Crippen molar-refractivity contribution in [1.82, 2.24) is 0 Å². The van der Waals surface area contributed by atoms with Crippen LogP contribution in [0, 0.1) is 0 Å². The second kappa shape index (κ2) is 4.45. The smallest absolute Gasteiger partial charge is 0.328 e. The lowest BCUT2D eigenvalue weighted by Gasteiger charge is -2.19. The molecule has 0 spiro atoms. The molecule has 1 aliphatic rings. The summed E-state index contributed by atoms with van der Waals surface area (Å²) in [5.74, 6) is 0.0511. The first-order chi connectivity index (χ1) is 7.66. The van der Waals surface area contributed by atoms with Crippen LogP contribution in [0.4, 0.5) is 0 Å². The molecular formula is C11H9ClO4. The summed E-state index contributed by atoms with van der Waals surface area (Å²) in [5, 5.41) is 8.93. The van der Waals surface area contributed by atoms with E-state index in [1.54, 1.807) is 12.1 Å². The Bertz CT molecular complexity index is 454. The summed E-state index contributed by atoms with van der Waals surface area (Å²) >= 11 is 5.98. The number of ether oxygens (including phenoxy) is 2. The summed E-state index contributed by atoms with van der Waals surface area (Å²) in [6.07, 6.45) is 2.49. The van der Waals surface area contributed by atoms with Crippen molar-refractivity contribution < 1.29 is 19.4 Å². The van der Waals surface area contributed by atoms with Crippen LogP contribution >= 0.6 is 11.6 Å². The van der Waals surface area contributed by atoms with Gasteiger partial charge in [-0.25, -0.2) is 4.79 Å². The van der Waals surface area contributed by atoms with Gasteiger partial charge in [0.05, 0.1) is 5.02 Å². The lowest BCUT2D eigenvalue weighted by atomic mass is 10.2. The van der Waals surface area contributed by atoms with Gasteiger partial charge in [-0.15, -0.1) is 0 Å². The first kappa shape index (κ1) is 10.8. The molecule has 0 saturated heterocycles. The maximum atomic E-state index is 10.4. The molecule has 0 saturated carbocycles. The van der Waals surface area contributed by atoms with Gasteiger partial charge in [-0.05, 0) is 23.8 Å². The van der Waals surface area contributed by atoms with Crippen LogP contribution in [-0.4, -0.2) is 24.3 Å². The lowest BCUT2D eigenvalue weighted by Crippen LogP contribution is -2.15. The van der Waals surface area contributed by atoms with Gasteiger partial charge in [0.15, 0.2) is 11.5 Å². The summed E-state index contributed by atoms with van der Waals surface area (Å²) in [6.45, 7) is 0.937. The molecule has 1 N–H and O–H groups in total. The standard InChI is InChI=1S/C11H9ClO4/c12-8-5-7(1-2-10(13)14)6-9-11(8)16-4-3-15-9/h1-2,5-6H,3-4H2,(H,13,14). The Morgan fingerprint density at radius 2 is 2.12 bits per heavy atom. The van der Waals surface area contributed by atoms with E-state index in [1.807, 2.05) is 0 Å². The molecule has 0 unspecified atom stereocenters. The molecule has 0 amide bonds. The summed E-state index contributed by atoms with van der Waals surface area (Å²) in [4.78, 5) is 10.4. The minimum atomic E-state index is -1.01. The first-order valence-corrected chi connectivity index (χ1v) is 5.05. The van der Waals surface area contributed by atoms with E-state index in [9.17, 15) is 4.79 Å². The minimum absolute atomic E-state index is 0.419. The minimum Gasteiger partial charge on any atom is -0.486 e. The topological polar surface area (TPSA) is 55.8 Å². The number of carboxylic acids is 1. The highest BCUT2D eigenvalue weighted by Gasteiger charge is 2.15. The van der Waals surface area contributed by atoms with E-state index in [1.165, 1.54) is 6.08 Å². The van der Waals surface area contributed by atoms with E-state index < -0.39 is 5.97 Å². The largest absolute Gasteiger partial charge is 0.486 e. The van der Waals surface area contributed by atoms with Gasteiger partial charge in [0.2, 0.25) is 0 Å². The van der Waals surface area contributed by atoms with Crippen LogP contribution in [0.1, 0.15) is 5.56 Å². The zero-order valence-corrected chi connectivity index (χ0v) is 9.03. The van der Waals surface area contributed by atoms with Crippen molar-refractivity contribution in [2.45, 2.75) is 0 Å². The van der Waals surface area contributed by atoms with Gasteiger partial charge in [0.25, 0.3) is 0 Å². The van der Waals surface area contributed by atoms with Crippen LogP contribution in [0.3, 0.4) is 0 Å². The van der Waals surface area contributed by atoms with Crippen molar-refractivity contribution in [3.05, 3.63) is 28.8 Å². The van der Waals surface area contributed by atoms with Crippen LogP contribution < -0.4 is 9.47 Å². The van der Waals surface area contributed by atoms with Crippen LogP contribution in [0.5, 0.6) is 11.5 Å². The molecule has 0 aromatic heterocycles. The third kappa shape index (κ3) is 2.28. The third-order valence-electron chi connectivity index (χ3n) is 2.04. The van der Waals surface area contributed by atoms with Crippen molar-refractivity contribution >= 4 is 23.6 Å². The number of halogens is 1. The van der Waals surface area contributed by atoms with Crippen molar-refractivity contribution in [3.8, 4) is 11.5 Å². The molecule has 0 aliphatic carbocycles. The first-order valence-electron chi connectivity index (χ1n) is 4.67. The molecule has 0 atom stereocenters. The second-order valence-corrected chi connectivity index (χ2v) is 3.61. The molecule has 0 fully saturated rings. The van der Waals surface area contributed by atoms with E-state index in [-0.39, 0.29) is 0 Å². The number of fused-ring (bicyclic) bond motifs is 1. The number of hydrogen-bond donors (Lipinski definition) is 1. The Balaban J connectivity index is 2.35. The fraction of sp³-hybridized carbons (Fsp3) is 0.182. The molecule has 84 valence electrons. The Labute approximate surface area is 97.0 Å². The van der Waals surface area contributed by atoms with Crippen LogP contribution in [0.15, 0.2) is 18.2 Å². The SMILES string of the molecule is O=C(O)C=Cc1cc(Cl)c2c(c1)OCCO2. The summed E-state index contributed by atoms with van der Waals surface area (Å²) in [5.41, 5.74) is 0.664. The van der Waals surface area contributed by atoms with E-state index in [2.05, 4.69) is 0 Å². The predicted molar refractivity (Wildman–Crippen MR) is 59.1 cm³/mol. The van der Waals surface area contributed by atoms with Crippen molar-refractivity contribution in [2.75, 3.05) is 13.2 Å². The van der Waals surface area contributed by atoms with E-state index in [4.69, 9.17) is 26.2 Å². The highest BCUT2D eigenvalue weighted by atomic mass is 35.5. The third-order valence-corrected chi connectivity index (χ3v) is 2.32. The molecule has 0 bridgehead atoms. The van der Waals surface area contributed by atoms with E-state index >= 15 is 0 Å². The second-order valence-electron chi connectivity index (χ2n) is 3.20. The van der Waals surface area contributed by atoms with Crippen LogP contribution in [-0.2, 0) is 4.79 Å². The summed E-state index contributed by atoms with van der Waals surface area (Å²) in [6, 6.07) is 3.33. The Hall–Kier alpha value is -1.68. The van der Waals surface area contributed by atoms with Crippen LogP contribution in [0.2, 0.25) is 5.02 Å². The molecule has 1 aliphatic heterocycles. The number of aliphatic carboxylic acids is 1. The molecule has 1 heterocycles. The molecule has 16 heavy (non-hydrogen) atoms. The number of benzene rings is 1. The maximum Gasteiger partial charge on any atom is 0.328 e. The molecule has 1 aromatic rings. The van der Waals surface area contributed by atoms with Crippen molar-refractivity contribution in [2.24, 2.45) is 0 Å². The van der Waals surface area contributed by atoms with Gasteiger partial charge in [-0.3, -0.25) is 0 Å². The summed E-state index contributed by atoms with van der Waals surface area (Å²) < 4.78 is 10.7. The van der Waals surface area contributed by atoms with Gasteiger partial charge in [0.1, 0.15) is 13.2 Å². The van der Waals surface area contributed by atoms with E-state index in [0.717, 1.165) is 6.08 Å². The van der Waals surface area contributed by atoms with Gasteiger partial charge in [-0.2, -0.15) is 0 Å². The van der Waals surface area contributed by atoms with E-state index in [0.29, 0.717) is 35.3 Å². The number of rotatable bonds is 2. The van der Waals surface area contributed by atoms with Crippen molar-refractivity contribution in [3.63, 3.8) is 0 Å². The fourth-order valence-electron chi connectivity index (χ4n) is 1.39.